The summed E-state index contributed by atoms with van der Waals surface area (Å²) in [5.41, 5.74) is 0. The minimum Gasteiger partial charge on any atom is -0.351 e. The van der Waals surface area contributed by atoms with Crippen molar-refractivity contribution in [2.75, 3.05) is 13.1 Å². The summed E-state index contributed by atoms with van der Waals surface area (Å²) in [7, 11) is 0. The number of hydrogen-bond acceptors (Lipinski definition) is 3. The summed E-state index contributed by atoms with van der Waals surface area (Å²) in [5.74, 6) is 0.0718. The van der Waals surface area contributed by atoms with Crippen LogP contribution < -0.4 is 5.32 Å². The SMILES string of the molecule is CCN(C(=O)CCNC(=O)c1cccs1)C1CCCC1. The van der Waals surface area contributed by atoms with E-state index in [1.165, 1.54) is 24.2 Å². The maximum Gasteiger partial charge on any atom is 0.261 e. The van der Waals surface area contributed by atoms with Crippen molar-refractivity contribution in [1.82, 2.24) is 10.2 Å². The zero-order chi connectivity index (χ0) is 14.4. The molecule has 1 fully saturated rings. The molecule has 4 nitrogen and oxygen atoms in total. The number of nitrogens with one attached hydrogen (secondary N) is 1. The van der Waals surface area contributed by atoms with Crippen LogP contribution in [0.2, 0.25) is 0 Å². The first-order valence-corrected chi connectivity index (χ1v) is 8.21. The number of carbonyl (C=O) groups is 2. The highest BCUT2D eigenvalue weighted by Crippen LogP contribution is 2.23. The van der Waals surface area contributed by atoms with E-state index in [2.05, 4.69) is 5.32 Å². The zero-order valence-electron chi connectivity index (χ0n) is 11.9. The average Bonchev–Trinajstić information content (AvgIpc) is 3.13. The molecular weight excluding hydrogens is 272 g/mol. The maximum atomic E-state index is 12.2. The second-order valence-electron chi connectivity index (χ2n) is 5.10. The van der Waals surface area contributed by atoms with E-state index in [1.54, 1.807) is 6.07 Å². The Morgan fingerprint density at radius 2 is 2.15 bits per heavy atom. The van der Waals surface area contributed by atoms with Crippen LogP contribution in [0.3, 0.4) is 0 Å². The first kappa shape index (κ1) is 15.0. The lowest BCUT2D eigenvalue weighted by atomic mass is 10.2. The molecule has 0 unspecified atom stereocenters. The Morgan fingerprint density at radius 3 is 2.75 bits per heavy atom. The Hall–Kier alpha value is -1.36. The van der Waals surface area contributed by atoms with E-state index in [0.29, 0.717) is 23.9 Å². The number of amides is 2. The van der Waals surface area contributed by atoms with E-state index >= 15 is 0 Å². The smallest absolute Gasteiger partial charge is 0.261 e. The highest BCUT2D eigenvalue weighted by Gasteiger charge is 2.24. The molecule has 1 aliphatic rings. The summed E-state index contributed by atoms with van der Waals surface area (Å²) in [6.45, 7) is 3.21. The summed E-state index contributed by atoms with van der Waals surface area (Å²) in [5, 5.41) is 4.68. The van der Waals surface area contributed by atoms with Gasteiger partial charge in [0, 0.05) is 25.6 Å². The van der Waals surface area contributed by atoms with Crippen LogP contribution in [0.25, 0.3) is 0 Å². The molecule has 1 saturated carbocycles. The fourth-order valence-corrected chi connectivity index (χ4v) is 3.42. The van der Waals surface area contributed by atoms with Crippen LogP contribution in [-0.2, 0) is 4.79 Å². The van der Waals surface area contributed by atoms with Crippen molar-refractivity contribution in [2.24, 2.45) is 0 Å². The van der Waals surface area contributed by atoms with E-state index in [9.17, 15) is 9.59 Å². The molecule has 1 aromatic rings. The summed E-state index contributed by atoms with van der Waals surface area (Å²) in [6, 6.07) is 4.06. The number of carbonyl (C=O) groups excluding carboxylic acids is 2. The van der Waals surface area contributed by atoms with Gasteiger partial charge in [-0.05, 0) is 31.2 Å². The molecule has 0 radical (unpaired) electrons. The van der Waals surface area contributed by atoms with Crippen LogP contribution in [-0.4, -0.2) is 35.8 Å². The molecular formula is C15H22N2O2S. The summed E-state index contributed by atoms with van der Waals surface area (Å²) >= 11 is 1.41. The largest absolute Gasteiger partial charge is 0.351 e. The van der Waals surface area contributed by atoms with E-state index in [-0.39, 0.29) is 11.8 Å². The third-order valence-electron chi connectivity index (χ3n) is 3.80. The molecule has 1 heterocycles. The number of nitrogens with zero attached hydrogens (tertiary/aromatic N) is 1. The maximum absolute atomic E-state index is 12.2. The van der Waals surface area contributed by atoms with Gasteiger partial charge < -0.3 is 10.2 Å². The topological polar surface area (TPSA) is 49.4 Å². The Morgan fingerprint density at radius 1 is 1.40 bits per heavy atom. The van der Waals surface area contributed by atoms with Gasteiger partial charge in [0.05, 0.1) is 4.88 Å². The number of rotatable bonds is 6. The minimum atomic E-state index is -0.0864. The van der Waals surface area contributed by atoms with Crippen molar-refractivity contribution < 1.29 is 9.59 Å². The van der Waals surface area contributed by atoms with Gasteiger partial charge in [0.1, 0.15) is 0 Å². The van der Waals surface area contributed by atoms with Gasteiger partial charge in [-0.15, -0.1) is 11.3 Å². The molecule has 5 heteroatoms. The first-order valence-electron chi connectivity index (χ1n) is 7.33. The standard InChI is InChI=1S/C15H22N2O2S/c1-2-17(12-6-3-4-7-12)14(18)9-10-16-15(19)13-8-5-11-20-13/h5,8,11-12H,2-4,6-7,9-10H2,1H3,(H,16,19). The summed E-state index contributed by atoms with van der Waals surface area (Å²) in [4.78, 5) is 26.6. The van der Waals surface area contributed by atoms with Crippen LogP contribution in [0.1, 0.15) is 48.7 Å². The van der Waals surface area contributed by atoms with Crippen LogP contribution >= 0.6 is 11.3 Å². The molecule has 0 saturated heterocycles. The summed E-state index contributed by atoms with van der Waals surface area (Å²) in [6.07, 6.45) is 5.09. The Kier molecular flexibility index (Phi) is 5.59. The summed E-state index contributed by atoms with van der Waals surface area (Å²) < 4.78 is 0. The predicted molar refractivity (Wildman–Crippen MR) is 80.9 cm³/mol. The molecule has 2 amide bonds. The van der Waals surface area contributed by atoms with Gasteiger partial charge in [-0.1, -0.05) is 18.9 Å². The molecule has 110 valence electrons. The second-order valence-corrected chi connectivity index (χ2v) is 6.05. The van der Waals surface area contributed by atoms with Gasteiger partial charge in [-0.2, -0.15) is 0 Å². The van der Waals surface area contributed by atoms with Gasteiger partial charge in [0.15, 0.2) is 0 Å². The van der Waals surface area contributed by atoms with Crippen molar-refractivity contribution in [3.05, 3.63) is 22.4 Å². The van der Waals surface area contributed by atoms with Gasteiger partial charge in [0.2, 0.25) is 5.91 Å². The molecule has 1 N–H and O–H groups in total. The fourth-order valence-electron chi connectivity index (χ4n) is 2.78. The predicted octanol–water partition coefficient (Wildman–Crippen LogP) is 2.66. The minimum absolute atomic E-state index is 0.0864. The molecule has 0 aliphatic heterocycles. The zero-order valence-corrected chi connectivity index (χ0v) is 12.7. The first-order chi connectivity index (χ1) is 9.72. The quantitative estimate of drug-likeness (QED) is 0.877. The van der Waals surface area contributed by atoms with E-state index in [0.717, 1.165) is 19.4 Å². The van der Waals surface area contributed by atoms with Gasteiger partial charge >= 0.3 is 0 Å². The van der Waals surface area contributed by atoms with Crippen molar-refractivity contribution in [3.8, 4) is 0 Å². The Bertz CT molecular complexity index is 439. The molecule has 2 rings (SSSR count). The van der Waals surface area contributed by atoms with Gasteiger partial charge in [0.25, 0.3) is 5.91 Å². The lowest BCUT2D eigenvalue weighted by Crippen LogP contribution is -2.40. The molecule has 0 aromatic carbocycles. The van der Waals surface area contributed by atoms with E-state index in [1.807, 2.05) is 23.3 Å². The van der Waals surface area contributed by atoms with Gasteiger partial charge in [-0.25, -0.2) is 0 Å². The van der Waals surface area contributed by atoms with E-state index in [4.69, 9.17) is 0 Å². The monoisotopic (exact) mass is 294 g/mol. The fraction of sp³-hybridized carbons (Fsp3) is 0.600. The third-order valence-corrected chi connectivity index (χ3v) is 4.66. The number of hydrogen-bond donors (Lipinski definition) is 1. The van der Waals surface area contributed by atoms with Crippen molar-refractivity contribution in [3.63, 3.8) is 0 Å². The molecule has 0 bridgehead atoms. The lowest BCUT2D eigenvalue weighted by molar-refractivity contribution is -0.133. The molecule has 0 atom stereocenters. The Labute approximate surface area is 124 Å². The highest BCUT2D eigenvalue weighted by molar-refractivity contribution is 7.12. The van der Waals surface area contributed by atoms with Crippen LogP contribution in [0.5, 0.6) is 0 Å². The number of thiophene rings is 1. The molecule has 20 heavy (non-hydrogen) atoms. The normalized spacial score (nSPS) is 15.2. The van der Waals surface area contributed by atoms with Crippen molar-refractivity contribution in [2.45, 2.75) is 45.1 Å². The van der Waals surface area contributed by atoms with Crippen molar-refractivity contribution in [1.29, 1.82) is 0 Å². The van der Waals surface area contributed by atoms with E-state index < -0.39 is 0 Å². The highest BCUT2D eigenvalue weighted by atomic mass is 32.1. The van der Waals surface area contributed by atoms with Crippen LogP contribution in [0.15, 0.2) is 17.5 Å². The van der Waals surface area contributed by atoms with Crippen LogP contribution in [0.4, 0.5) is 0 Å². The Balaban J connectivity index is 1.75. The van der Waals surface area contributed by atoms with Gasteiger partial charge in [-0.3, -0.25) is 9.59 Å². The third kappa shape index (κ3) is 3.82. The molecule has 0 spiro atoms. The van der Waals surface area contributed by atoms with Crippen molar-refractivity contribution >= 4 is 23.2 Å². The molecule has 1 aromatic heterocycles. The average molecular weight is 294 g/mol. The second kappa shape index (κ2) is 7.43. The lowest BCUT2D eigenvalue weighted by Gasteiger charge is -2.27. The van der Waals surface area contributed by atoms with Crippen LogP contribution in [0, 0.1) is 0 Å². The molecule has 1 aliphatic carbocycles.